The average molecular weight is 283 g/mol. The predicted octanol–water partition coefficient (Wildman–Crippen LogP) is 4.26. The monoisotopic (exact) mass is 282 g/mol. The minimum Gasteiger partial charge on any atom is -0.305 e. The number of nitrogens with zero attached hydrogens (tertiary/aromatic N) is 2. The number of hydrogen-bond donors (Lipinski definition) is 0. The van der Waals surface area contributed by atoms with Crippen LogP contribution in [-0.2, 0) is 0 Å². The first-order valence-corrected chi connectivity index (χ1v) is 8.85. The second-order valence-corrected chi connectivity index (χ2v) is 7.61. The fourth-order valence-corrected chi connectivity index (χ4v) is 3.65. The normalized spacial score (nSPS) is 26.2. The third-order valence-corrected chi connectivity index (χ3v) is 5.21. The van der Waals surface area contributed by atoms with Gasteiger partial charge in [-0.05, 0) is 58.0 Å². The van der Waals surface area contributed by atoms with E-state index in [4.69, 9.17) is 0 Å². The minimum atomic E-state index is 0.713. The van der Waals surface area contributed by atoms with Crippen molar-refractivity contribution in [3.8, 4) is 0 Å². The van der Waals surface area contributed by atoms with Crippen molar-refractivity contribution in [3.63, 3.8) is 0 Å². The number of rotatable bonds is 5. The summed E-state index contributed by atoms with van der Waals surface area (Å²) in [5.74, 6) is 0.937. The summed E-state index contributed by atoms with van der Waals surface area (Å²) < 4.78 is 0. The van der Waals surface area contributed by atoms with E-state index in [0.717, 1.165) is 12.0 Å². The molecule has 2 aliphatic rings. The molecular weight excluding hydrogens is 244 g/mol. The van der Waals surface area contributed by atoms with Crippen LogP contribution in [0.2, 0.25) is 0 Å². The maximum absolute atomic E-state index is 2.55. The van der Waals surface area contributed by atoms with Crippen LogP contribution in [0.3, 0.4) is 0 Å². The molecule has 2 saturated heterocycles. The molecule has 2 heterocycles. The van der Waals surface area contributed by atoms with Gasteiger partial charge >= 0.3 is 0 Å². The van der Waals surface area contributed by atoms with E-state index in [1.54, 1.807) is 0 Å². The van der Waals surface area contributed by atoms with Crippen LogP contribution >= 0.6 is 0 Å². The summed E-state index contributed by atoms with van der Waals surface area (Å²) in [5, 5.41) is 0. The zero-order chi connectivity index (χ0) is 15.2. The van der Waals surface area contributed by atoms with Gasteiger partial charge in [-0.1, -0.05) is 33.6 Å². The van der Waals surface area contributed by atoms with Gasteiger partial charge in [-0.3, -0.25) is 0 Å². The lowest BCUT2D eigenvalue weighted by molar-refractivity contribution is 0.00930. The zero-order valence-electron chi connectivity index (χ0n) is 14.9. The maximum Gasteiger partial charge on any atom is 0.00473 e. The Labute approximate surface area is 127 Å². The van der Waals surface area contributed by atoms with Gasteiger partial charge in [0.2, 0.25) is 0 Å². The first kappa shape index (κ1) is 18.0. The van der Waals surface area contributed by atoms with Crippen LogP contribution in [0.1, 0.15) is 66.7 Å². The molecule has 2 rings (SSSR count). The molecule has 0 aromatic rings. The van der Waals surface area contributed by atoms with Gasteiger partial charge in [0.1, 0.15) is 0 Å². The van der Waals surface area contributed by atoms with Gasteiger partial charge in [-0.2, -0.15) is 0 Å². The molecule has 1 atom stereocenters. The van der Waals surface area contributed by atoms with Crippen LogP contribution in [0.4, 0.5) is 0 Å². The van der Waals surface area contributed by atoms with Crippen LogP contribution in [0.25, 0.3) is 0 Å². The summed E-state index contributed by atoms with van der Waals surface area (Å²) in [7, 11) is 2.22. The second-order valence-electron chi connectivity index (χ2n) is 7.61. The van der Waals surface area contributed by atoms with Crippen LogP contribution < -0.4 is 0 Å². The third-order valence-electron chi connectivity index (χ3n) is 5.21. The summed E-state index contributed by atoms with van der Waals surface area (Å²) in [6.45, 7) is 16.8. The molecule has 2 heteroatoms. The van der Waals surface area contributed by atoms with Gasteiger partial charge in [0.15, 0.2) is 0 Å². The Morgan fingerprint density at radius 1 is 1.20 bits per heavy atom. The average Bonchev–Trinajstić information content (AvgIpc) is 2.81. The largest absolute Gasteiger partial charge is 0.305 e. The molecule has 2 aliphatic heterocycles. The molecule has 0 aliphatic carbocycles. The van der Waals surface area contributed by atoms with Gasteiger partial charge in [-0.25, -0.2) is 0 Å². The van der Waals surface area contributed by atoms with E-state index in [1.807, 2.05) is 0 Å². The molecule has 0 bridgehead atoms. The van der Waals surface area contributed by atoms with Gasteiger partial charge in [0.05, 0.1) is 0 Å². The van der Waals surface area contributed by atoms with Crippen LogP contribution in [0, 0.1) is 11.3 Å². The van der Waals surface area contributed by atoms with Crippen molar-refractivity contribution >= 4 is 0 Å². The van der Waals surface area contributed by atoms with E-state index in [9.17, 15) is 0 Å². The van der Waals surface area contributed by atoms with Gasteiger partial charge in [-0.15, -0.1) is 0 Å². The lowest BCUT2D eigenvalue weighted by Crippen LogP contribution is -2.53. The van der Waals surface area contributed by atoms with Crippen molar-refractivity contribution < 1.29 is 0 Å². The number of unbranched alkanes of at least 4 members (excludes halogenated alkanes) is 1. The molecule has 2 nitrogen and oxygen atoms in total. The topological polar surface area (TPSA) is 6.48 Å². The van der Waals surface area contributed by atoms with Crippen molar-refractivity contribution in [2.75, 3.05) is 33.2 Å². The molecule has 0 aromatic heterocycles. The van der Waals surface area contributed by atoms with Crippen molar-refractivity contribution in [2.45, 2.75) is 72.8 Å². The molecule has 0 aromatic carbocycles. The highest BCUT2D eigenvalue weighted by Crippen LogP contribution is 2.37. The first-order valence-electron chi connectivity index (χ1n) is 8.85. The summed E-state index contributed by atoms with van der Waals surface area (Å²) in [6, 6.07) is 0.759. The van der Waals surface area contributed by atoms with E-state index in [-0.39, 0.29) is 0 Å². The highest BCUT2D eigenvalue weighted by molar-refractivity contribution is 4.91. The van der Waals surface area contributed by atoms with Gasteiger partial charge in [0.25, 0.3) is 0 Å². The molecule has 0 spiro atoms. The first-order chi connectivity index (χ1) is 9.42. The fourth-order valence-electron chi connectivity index (χ4n) is 3.65. The molecule has 1 unspecified atom stereocenters. The molecule has 0 N–H and O–H groups in total. The van der Waals surface area contributed by atoms with Crippen LogP contribution in [0.15, 0.2) is 0 Å². The molecule has 0 radical (unpaired) electrons. The van der Waals surface area contributed by atoms with Crippen LogP contribution in [-0.4, -0.2) is 49.1 Å². The molecule has 120 valence electrons. The fraction of sp³-hybridized carbons (Fsp3) is 1.00. The Balaban J connectivity index is 0.000000204. The van der Waals surface area contributed by atoms with E-state index >= 15 is 0 Å². The van der Waals surface area contributed by atoms with Crippen molar-refractivity contribution in [2.24, 2.45) is 11.3 Å². The standard InChI is InChI=1S/C10H21N.C8H17N/c1-4-6-7-10(5-2)8-11(3)9-10;1-7(2)9-5-4-8(3)6-9/h4-9H2,1-3H3;7-8H,4-6H2,1-3H3. The summed E-state index contributed by atoms with van der Waals surface area (Å²) in [6.07, 6.45) is 6.99. The zero-order valence-corrected chi connectivity index (χ0v) is 14.9. The SMILES string of the molecule is CC1CCN(C(C)C)C1.CCCCC1(CC)CN(C)C1. The lowest BCUT2D eigenvalue weighted by atomic mass is 9.74. The van der Waals surface area contributed by atoms with E-state index in [2.05, 4.69) is 51.5 Å². The smallest absolute Gasteiger partial charge is 0.00473 e. The quantitative estimate of drug-likeness (QED) is 0.743. The Hall–Kier alpha value is -0.0800. The molecule has 2 fully saturated rings. The lowest BCUT2D eigenvalue weighted by Gasteiger charge is -2.48. The van der Waals surface area contributed by atoms with Gasteiger partial charge < -0.3 is 9.80 Å². The van der Waals surface area contributed by atoms with Crippen molar-refractivity contribution in [1.29, 1.82) is 0 Å². The summed E-state index contributed by atoms with van der Waals surface area (Å²) in [5.41, 5.74) is 0.713. The predicted molar refractivity (Wildman–Crippen MR) is 90.2 cm³/mol. The summed E-state index contributed by atoms with van der Waals surface area (Å²) in [4.78, 5) is 4.98. The van der Waals surface area contributed by atoms with Gasteiger partial charge in [0, 0.05) is 25.7 Å². The number of likely N-dealkylation sites (tertiary alicyclic amines) is 2. The third kappa shape index (κ3) is 5.37. The number of hydrogen-bond acceptors (Lipinski definition) is 2. The van der Waals surface area contributed by atoms with Crippen LogP contribution in [0.5, 0.6) is 0 Å². The maximum atomic E-state index is 2.55. The second kappa shape index (κ2) is 8.38. The van der Waals surface area contributed by atoms with Crippen molar-refractivity contribution in [3.05, 3.63) is 0 Å². The molecular formula is C18H38N2. The van der Waals surface area contributed by atoms with E-state index in [1.165, 1.54) is 58.3 Å². The van der Waals surface area contributed by atoms with E-state index in [0.29, 0.717) is 5.41 Å². The highest BCUT2D eigenvalue weighted by Gasteiger charge is 2.38. The Morgan fingerprint density at radius 2 is 1.85 bits per heavy atom. The molecule has 0 saturated carbocycles. The Morgan fingerprint density at radius 3 is 2.15 bits per heavy atom. The van der Waals surface area contributed by atoms with E-state index < -0.39 is 0 Å². The highest BCUT2D eigenvalue weighted by atomic mass is 15.2. The summed E-state index contributed by atoms with van der Waals surface area (Å²) >= 11 is 0. The Bertz CT molecular complexity index is 256. The molecule has 0 amide bonds. The minimum absolute atomic E-state index is 0.713. The van der Waals surface area contributed by atoms with Crippen molar-refractivity contribution in [1.82, 2.24) is 9.80 Å². The Kier molecular flexibility index (Phi) is 7.53. The molecule has 20 heavy (non-hydrogen) atoms.